The number of aryl methyl sites for hydroxylation is 1. The molecule has 1 N–H and O–H groups in total. The van der Waals surface area contributed by atoms with Crippen molar-refractivity contribution in [3.63, 3.8) is 0 Å². The Hall–Kier alpha value is -1.18. The molecule has 1 aromatic heterocycles. The summed E-state index contributed by atoms with van der Waals surface area (Å²) in [5.41, 5.74) is -5.53. The third kappa shape index (κ3) is 6.40. The Bertz CT molecular complexity index is 870. The highest BCUT2D eigenvalue weighted by atomic mass is 32.2. The van der Waals surface area contributed by atoms with E-state index in [1.807, 2.05) is 7.05 Å². The van der Waals surface area contributed by atoms with Crippen LogP contribution >= 0.6 is 0 Å². The highest BCUT2D eigenvalue weighted by molar-refractivity contribution is 7.87. The van der Waals surface area contributed by atoms with Crippen LogP contribution in [0.25, 0.3) is 0 Å². The summed E-state index contributed by atoms with van der Waals surface area (Å²) in [4.78, 5) is 0. The molecule has 3 rings (SSSR count). The lowest BCUT2D eigenvalue weighted by molar-refractivity contribution is -0.670. The van der Waals surface area contributed by atoms with Gasteiger partial charge in [-0.2, -0.15) is 34.3 Å². The summed E-state index contributed by atoms with van der Waals surface area (Å²) in [7, 11) is -7.37. The SMILES string of the molecule is C[n+]1ccn(S(=O)(=O)N2CCC(C3CCCCC3)CC2)c1.O=S(=O)(O)C(F)(F)F. The van der Waals surface area contributed by atoms with Crippen LogP contribution in [-0.4, -0.2) is 48.3 Å². The maximum atomic E-state index is 12.6. The van der Waals surface area contributed by atoms with E-state index in [4.69, 9.17) is 13.0 Å². The van der Waals surface area contributed by atoms with Crippen molar-refractivity contribution in [2.45, 2.75) is 50.5 Å². The monoisotopic (exact) mass is 462 g/mol. The smallest absolute Gasteiger partial charge is 0.279 e. The molecule has 1 saturated heterocycles. The van der Waals surface area contributed by atoms with Crippen LogP contribution in [-0.2, 0) is 27.4 Å². The van der Waals surface area contributed by atoms with Gasteiger partial charge in [-0.05, 0) is 24.7 Å². The minimum Gasteiger partial charge on any atom is -0.279 e. The van der Waals surface area contributed by atoms with E-state index < -0.39 is 25.8 Å². The first-order valence-corrected chi connectivity index (χ1v) is 12.2. The molecule has 2 heterocycles. The largest absolute Gasteiger partial charge is 0.522 e. The van der Waals surface area contributed by atoms with Gasteiger partial charge in [0.1, 0.15) is 12.4 Å². The van der Waals surface area contributed by atoms with E-state index in [9.17, 15) is 21.6 Å². The molecule has 8 nitrogen and oxygen atoms in total. The van der Waals surface area contributed by atoms with Crippen LogP contribution in [0.5, 0.6) is 0 Å². The Kier molecular flexibility index (Phi) is 7.74. The standard InChI is InChI=1S/C15H26N3O2S.CHF3O3S/c1-16-11-12-18(13-16)21(19,20)17-9-7-15(8-10-17)14-5-3-2-4-6-14;2-1(3,4)8(5,6)7/h11-15H,2-10H2,1H3;(H,5,6,7)/q+1;. The van der Waals surface area contributed by atoms with Crippen LogP contribution in [0.4, 0.5) is 13.2 Å². The van der Waals surface area contributed by atoms with Crippen LogP contribution in [0.1, 0.15) is 44.9 Å². The number of halogens is 3. The van der Waals surface area contributed by atoms with Crippen molar-refractivity contribution < 1.29 is 39.1 Å². The van der Waals surface area contributed by atoms with Gasteiger partial charge in [-0.15, -0.1) is 3.97 Å². The van der Waals surface area contributed by atoms with Gasteiger partial charge >= 0.3 is 25.8 Å². The highest BCUT2D eigenvalue weighted by Gasteiger charge is 2.44. The van der Waals surface area contributed by atoms with Crippen LogP contribution in [0.2, 0.25) is 0 Å². The first-order valence-electron chi connectivity index (χ1n) is 9.40. The molecule has 0 bridgehead atoms. The minimum absolute atomic E-state index is 0.672. The molecule has 2 fully saturated rings. The lowest BCUT2D eigenvalue weighted by Crippen LogP contribution is -2.43. The van der Waals surface area contributed by atoms with Crippen molar-refractivity contribution >= 4 is 20.3 Å². The lowest BCUT2D eigenvalue weighted by Gasteiger charge is -2.36. The number of hydrogen-bond donors (Lipinski definition) is 1. The topological polar surface area (TPSA) is 101 Å². The average molecular weight is 463 g/mol. The molecule has 0 radical (unpaired) electrons. The minimum atomic E-state index is -5.84. The molecule has 0 spiro atoms. The second-order valence-corrected chi connectivity index (χ2v) is 10.7. The van der Waals surface area contributed by atoms with Crippen molar-refractivity contribution in [2.75, 3.05) is 13.1 Å². The summed E-state index contributed by atoms with van der Waals surface area (Å²) in [6, 6.07) is 0. The summed E-state index contributed by atoms with van der Waals surface area (Å²) >= 11 is 0. The summed E-state index contributed by atoms with van der Waals surface area (Å²) in [5.74, 6) is 1.57. The average Bonchev–Trinajstić information content (AvgIpc) is 3.09. The number of nitrogens with zero attached hydrogens (tertiary/aromatic N) is 3. The maximum absolute atomic E-state index is 12.6. The van der Waals surface area contributed by atoms with Crippen molar-refractivity contribution in [1.82, 2.24) is 8.28 Å². The van der Waals surface area contributed by atoms with E-state index in [2.05, 4.69) is 0 Å². The van der Waals surface area contributed by atoms with Gasteiger partial charge < -0.3 is 0 Å². The molecular weight excluding hydrogens is 435 g/mol. The third-order valence-electron chi connectivity index (χ3n) is 5.44. The Balaban J connectivity index is 0.000000321. The lowest BCUT2D eigenvalue weighted by atomic mass is 9.76. The molecule has 0 aromatic carbocycles. The van der Waals surface area contributed by atoms with Gasteiger partial charge in [-0.3, -0.25) is 4.55 Å². The molecule has 13 heteroatoms. The second-order valence-electron chi connectivity index (χ2n) is 7.47. The quantitative estimate of drug-likeness (QED) is 0.421. The van der Waals surface area contributed by atoms with E-state index in [-0.39, 0.29) is 0 Å². The molecular formula is C16H27F3N3O5S2+. The Morgan fingerprint density at radius 2 is 1.45 bits per heavy atom. The van der Waals surface area contributed by atoms with E-state index in [1.165, 1.54) is 36.1 Å². The zero-order valence-electron chi connectivity index (χ0n) is 16.1. The predicted molar refractivity (Wildman–Crippen MR) is 98.4 cm³/mol. The van der Waals surface area contributed by atoms with Gasteiger partial charge in [-0.1, -0.05) is 32.1 Å². The number of piperidine rings is 1. The molecule has 1 saturated carbocycles. The van der Waals surface area contributed by atoms with Crippen LogP contribution in [0, 0.1) is 11.8 Å². The van der Waals surface area contributed by atoms with Gasteiger partial charge in [-0.25, -0.2) is 4.57 Å². The van der Waals surface area contributed by atoms with Gasteiger partial charge in [0.05, 0.1) is 7.05 Å². The first-order chi connectivity index (χ1) is 13.3. The molecule has 2 aliphatic rings. The molecule has 1 aliphatic heterocycles. The number of imidazole rings is 1. The fourth-order valence-electron chi connectivity index (χ4n) is 3.88. The zero-order chi connectivity index (χ0) is 21.9. The van der Waals surface area contributed by atoms with Crippen LogP contribution in [0.15, 0.2) is 18.7 Å². The number of alkyl halides is 3. The molecule has 29 heavy (non-hydrogen) atoms. The molecule has 0 atom stereocenters. The van der Waals surface area contributed by atoms with E-state index in [1.54, 1.807) is 27.6 Å². The van der Waals surface area contributed by atoms with Crippen molar-refractivity contribution in [1.29, 1.82) is 0 Å². The zero-order valence-corrected chi connectivity index (χ0v) is 17.8. The molecule has 168 valence electrons. The number of aromatic nitrogens is 2. The van der Waals surface area contributed by atoms with Crippen molar-refractivity contribution in [3.05, 3.63) is 18.7 Å². The van der Waals surface area contributed by atoms with Crippen LogP contribution < -0.4 is 4.57 Å². The van der Waals surface area contributed by atoms with E-state index in [0.717, 1.165) is 24.7 Å². The maximum Gasteiger partial charge on any atom is 0.522 e. The molecule has 1 aromatic rings. The number of rotatable bonds is 3. The molecule has 1 aliphatic carbocycles. The summed E-state index contributed by atoms with van der Waals surface area (Å²) in [6.45, 7) is 1.34. The van der Waals surface area contributed by atoms with E-state index in [0.29, 0.717) is 13.1 Å². The highest BCUT2D eigenvalue weighted by Crippen LogP contribution is 2.36. The Morgan fingerprint density at radius 1 is 0.966 bits per heavy atom. The fourth-order valence-corrected chi connectivity index (χ4v) is 5.30. The van der Waals surface area contributed by atoms with Gasteiger partial charge in [0.15, 0.2) is 0 Å². The Labute approximate surface area is 169 Å². The second kappa shape index (κ2) is 9.31. The fraction of sp³-hybridized carbons (Fsp3) is 0.812. The van der Waals surface area contributed by atoms with E-state index >= 15 is 0 Å². The number of hydrogen-bond acceptors (Lipinski definition) is 4. The van der Waals surface area contributed by atoms with Crippen LogP contribution in [0.3, 0.4) is 0 Å². The first kappa shape index (κ1) is 24.1. The summed E-state index contributed by atoms with van der Waals surface area (Å²) in [5, 5.41) is 0. The van der Waals surface area contributed by atoms with Crippen molar-refractivity contribution in [2.24, 2.45) is 18.9 Å². The van der Waals surface area contributed by atoms with Crippen molar-refractivity contribution in [3.8, 4) is 0 Å². The normalized spacial score (nSPS) is 20.9. The van der Waals surface area contributed by atoms with Gasteiger partial charge in [0.2, 0.25) is 0 Å². The third-order valence-corrected chi connectivity index (χ3v) is 7.80. The molecule has 0 unspecified atom stereocenters. The summed E-state index contributed by atoms with van der Waals surface area (Å²) in [6.07, 6.45) is 13.8. The Morgan fingerprint density at radius 3 is 1.86 bits per heavy atom. The van der Waals surface area contributed by atoms with Gasteiger partial charge in [0.25, 0.3) is 6.33 Å². The van der Waals surface area contributed by atoms with Gasteiger partial charge in [0, 0.05) is 13.1 Å². The summed E-state index contributed by atoms with van der Waals surface area (Å²) < 4.78 is 87.4. The molecule has 0 amide bonds. The predicted octanol–water partition coefficient (Wildman–Crippen LogP) is 2.09.